The molecule has 0 saturated heterocycles. The summed E-state index contributed by atoms with van der Waals surface area (Å²) >= 11 is 0. The van der Waals surface area contributed by atoms with Crippen LogP contribution < -0.4 is 21.5 Å². The van der Waals surface area contributed by atoms with E-state index in [1.54, 1.807) is 6.20 Å². The number of allylic oxidation sites excluding steroid dienone is 11. The van der Waals surface area contributed by atoms with Crippen LogP contribution in [0.4, 0.5) is 5.69 Å². The normalized spacial score (nSPS) is 23.7. The Kier molecular flexibility index (Phi) is 8.25. The maximum Gasteiger partial charge on any atom is 0.0609 e. The van der Waals surface area contributed by atoms with Gasteiger partial charge in [0.25, 0.3) is 0 Å². The maximum absolute atomic E-state index is 6.36. The molecular formula is C38H40N4. The van der Waals surface area contributed by atoms with E-state index in [1.165, 1.54) is 50.4 Å². The third-order valence-corrected chi connectivity index (χ3v) is 8.62. The number of nitrogens with two attached hydrogens (primary N) is 1. The molecule has 0 spiro atoms. The topological polar surface area (TPSA) is 53.3 Å². The van der Waals surface area contributed by atoms with E-state index in [1.807, 2.05) is 18.4 Å². The molecule has 2 heterocycles. The monoisotopic (exact) mass is 552 g/mol. The van der Waals surface area contributed by atoms with Crippen LogP contribution in [0.5, 0.6) is 0 Å². The van der Waals surface area contributed by atoms with E-state index in [2.05, 4.69) is 108 Å². The van der Waals surface area contributed by atoms with Gasteiger partial charge in [-0.3, -0.25) is 5.01 Å². The zero-order chi connectivity index (χ0) is 28.9. The average Bonchev–Trinajstić information content (AvgIpc) is 3.34. The van der Waals surface area contributed by atoms with Crippen molar-refractivity contribution in [3.8, 4) is 0 Å². The third kappa shape index (κ3) is 5.77. The van der Waals surface area contributed by atoms with Crippen molar-refractivity contribution in [1.82, 2.24) is 10.7 Å². The van der Waals surface area contributed by atoms with Crippen LogP contribution in [0.25, 0.3) is 0 Å². The lowest BCUT2D eigenvalue weighted by Gasteiger charge is -2.36. The van der Waals surface area contributed by atoms with Crippen LogP contribution in [0.15, 0.2) is 156 Å². The lowest BCUT2D eigenvalue weighted by atomic mass is 9.91. The summed E-state index contributed by atoms with van der Waals surface area (Å²) in [6.45, 7) is 9.10. The Morgan fingerprint density at radius 3 is 2.62 bits per heavy atom. The Hall–Kier alpha value is -4.54. The molecule has 0 bridgehead atoms. The van der Waals surface area contributed by atoms with Crippen molar-refractivity contribution in [2.45, 2.75) is 44.6 Å². The fourth-order valence-corrected chi connectivity index (χ4v) is 6.53. The van der Waals surface area contributed by atoms with Crippen LogP contribution in [0.2, 0.25) is 0 Å². The molecule has 2 aliphatic heterocycles. The van der Waals surface area contributed by atoms with Gasteiger partial charge in [-0.2, -0.15) is 0 Å². The lowest BCUT2D eigenvalue weighted by molar-refractivity contribution is 0.671. The Bertz CT molecular complexity index is 1610. The molecule has 0 amide bonds. The molecule has 4 nitrogen and oxygen atoms in total. The Morgan fingerprint density at radius 1 is 0.976 bits per heavy atom. The summed E-state index contributed by atoms with van der Waals surface area (Å²) in [5, 5.41) is 5.95. The molecule has 6 rings (SSSR count). The van der Waals surface area contributed by atoms with Gasteiger partial charge >= 0.3 is 0 Å². The summed E-state index contributed by atoms with van der Waals surface area (Å²) < 4.78 is 0. The van der Waals surface area contributed by atoms with Gasteiger partial charge in [0.1, 0.15) is 0 Å². The summed E-state index contributed by atoms with van der Waals surface area (Å²) in [4.78, 5) is 0. The summed E-state index contributed by atoms with van der Waals surface area (Å²) in [5.41, 5.74) is 24.0. The van der Waals surface area contributed by atoms with E-state index in [9.17, 15) is 0 Å². The quantitative estimate of drug-likeness (QED) is 0.367. The highest BCUT2D eigenvalue weighted by molar-refractivity contribution is 5.65. The Morgan fingerprint density at radius 2 is 1.79 bits per heavy atom. The molecule has 4 aliphatic rings. The molecular weight excluding hydrogens is 512 g/mol. The highest BCUT2D eigenvalue weighted by atomic mass is 15.5. The second-order valence-corrected chi connectivity index (χ2v) is 11.3. The predicted molar refractivity (Wildman–Crippen MR) is 176 cm³/mol. The average molecular weight is 553 g/mol. The van der Waals surface area contributed by atoms with E-state index in [-0.39, 0.29) is 6.04 Å². The van der Waals surface area contributed by atoms with Gasteiger partial charge in [-0.15, -0.1) is 0 Å². The van der Waals surface area contributed by atoms with Crippen molar-refractivity contribution in [3.05, 3.63) is 172 Å². The summed E-state index contributed by atoms with van der Waals surface area (Å²) in [6, 6.07) is 17.5. The summed E-state index contributed by atoms with van der Waals surface area (Å²) in [7, 11) is 0. The zero-order valence-corrected chi connectivity index (χ0v) is 24.3. The number of hydrazine groups is 1. The van der Waals surface area contributed by atoms with Crippen LogP contribution in [0.3, 0.4) is 0 Å². The standard InChI is InChI=1S/C38H40N4/c1-3-28-21-33(24-34-23-30-14-5-4-13-29(30)20-27(2)12-10-11-19-40-34)35(25-39)36(28)26-41-42-37-17-8-6-15-31(37)22-32-16-7-9-18-38(32)42/h3-8,10-17,19,24-25,34,40-41H,1-2,9,18,20-23,26,39H2/b12-10-,19-11-,33-24-,35-25+. The fourth-order valence-electron chi connectivity index (χ4n) is 6.53. The first-order chi connectivity index (χ1) is 20.6. The smallest absolute Gasteiger partial charge is 0.0609 e. The van der Waals surface area contributed by atoms with Gasteiger partial charge in [0.15, 0.2) is 0 Å². The number of benzene rings is 2. The first-order valence-corrected chi connectivity index (χ1v) is 15.0. The lowest BCUT2D eigenvalue weighted by Crippen LogP contribution is -2.42. The van der Waals surface area contributed by atoms with Gasteiger partial charge in [-0.1, -0.05) is 97.7 Å². The largest absolute Gasteiger partial charge is 0.404 e. The molecule has 4 heteroatoms. The Balaban J connectivity index is 1.27. The van der Waals surface area contributed by atoms with Crippen molar-refractivity contribution >= 4 is 5.69 Å². The van der Waals surface area contributed by atoms with Crippen LogP contribution in [-0.2, 0) is 19.3 Å². The number of anilines is 1. The second-order valence-electron chi connectivity index (χ2n) is 11.3. The van der Waals surface area contributed by atoms with Crippen LogP contribution in [0.1, 0.15) is 36.0 Å². The Labute approximate surface area is 250 Å². The SMILES string of the molecule is C=CC1=C(CNN2C3=C(C=CCC3)Cc3ccccc32)C(=C/N)/C(=C\C2Cc3ccccc3CC(=C)/C=C\C=C/N2)C1. The minimum absolute atomic E-state index is 0.112. The summed E-state index contributed by atoms with van der Waals surface area (Å²) in [6.07, 6.45) is 24.6. The molecule has 0 aromatic heterocycles. The van der Waals surface area contributed by atoms with Crippen molar-refractivity contribution < 1.29 is 0 Å². The summed E-state index contributed by atoms with van der Waals surface area (Å²) in [5.74, 6) is 0. The van der Waals surface area contributed by atoms with Gasteiger partial charge in [0.05, 0.1) is 5.69 Å². The highest BCUT2D eigenvalue weighted by Crippen LogP contribution is 2.39. The van der Waals surface area contributed by atoms with Crippen LogP contribution in [0, 0.1) is 0 Å². The minimum Gasteiger partial charge on any atom is -0.404 e. The van der Waals surface area contributed by atoms with Gasteiger partial charge in [0, 0.05) is 30.9 Å². The van der Waals surface area contributed by atoms with E-state index >= 15 is 0 Å². The highest BCUT2D eigenvalue weighted by Gasteiger charge is 2.28. The predicted octanol–water partition coefficient (Wildman–Crippen LogP) is 7.20. The maximum atomic E-state index is 6.36. The van der Waals surface area contributed by atoms with Crippen molar-refractivity contribution in [2.24, 2.45) is 5.73 Å². The first kappa shape index (κ1) is 27.6. The molecule has 42 heavy (non-hydrogen) atoms. The molecule has 2 aliphatic carbocycles. The number of para-hydroxylation sites is 1. The van der Waals surface area contributed by atoms with Crippen molar-refractivity contribution in [2.75, 3.05) is 11.6 Å². The fraction of sp³-hybridized carbons (Fsp3) is 0.211. The van der Waals surface area contributed by atoms with E-state index < -0.39 is 0 Å². The van der Waals surface area contributed by atoms with Crippen LogP contribution in [-0.4, -0.2) is 12.6 Å². The van der Waals surface area contributed by atoms with Gasteiger partial charge in [-0.05, 0) is 95.0 Å². The molecule has 2 aromatic rings. The molecule has 0 radical (unpaired) electrons. The van der Waals surface area contributed by atoms with E-state index in [4.69, 9.17) is 5.73 Å². The number of nitrogens with zero attached hydrogens (tertiary/aromatic N) is 1. The van der Waals surface area contributed by atoms with E-state index in [0.717, 1.165) is 49.7 Å². The number of hydrogen-bond acceptors (Lipinski definition) is 4. The zero-order valence-electron chi connectivity index (χ0n) is 24.3. The van der Waals surface area contributed by atoms with Crippen molar-refractivity contribution in [1.29, 1.82) is 0 Å². The molecule has 212 valence electrons. The number of rotatable bonds is 5. The van der Waals surface area contributed by atoms with Crippen LogP contribution >= 0.6 is 0 Å². The molecule has 2 aromatic carbocycles. The first-order valence-electron chi connectivity index (χ1n) is 15.0. The van der Waals surface area contributed by atoms with Crippen molar-refractivity contribution in [3.63, 3.8) is 0 Å². The van der Waals surface area contributed by atoms with E-state index in [0.29, 0.717) is 6.54 Å². The number of nitrogens with one attached hydrogen (secondary N) is 2. The molecule has 0 fully saturated rings. The van der Waals surface area contributed by atoms with Gasteiger partial charge in [0.2, 0.25) is 0 Å². The molecule has 4 N–H and O–H groups in total. The molecule has 0 saturated carbocycles. The second kappa shape index (κ2) is 12.5. The van der Waals surface area contributed by atoms with Gasteiger partial charge in [-0.25, -0.2) is 5.43 Å². The molecule has 1 atom stereocenters. The van der Waals surface area contributed by atoms with Gasteiger partial charge < -0.3 is 11.1 Å². The third-order valence-electron chi connectivity index (χ3n) is 8.62. The number of fused-ring (bicyclic) bond motifs is 2. The molecule has 1 unspecified atom stereocenters. The minimum atomic E-state index is 0.112. The number of hydrogen-bond donors (Lipinski definition) is 3.